The number of aliphatic hydroxyl groups excluding tert-OH is 2. The monoisotopic (exact) mass is 933 g/mol. The number of nitrogens with zero attached hydrogens (tertiary/aromatic N) is 2. The lowest BCUT2D eigenvalue weighted by molar-refractivity contribution is -0.279. The molecule has 10 nitrogen and oxygen atoms in total. The van der Waals surface area contributed by atoms with Gasteiger partial charge >= 0.3 is 0 Å². The van der Waals surface area contributed by atoms with Gasteiger partial charge in [-0.25, -0.2) is 0 Å². The zero-order valence-corrected chi connectivity index (χ0v) is 43.8. The first-order chi connectivity index (χ1) is 31.5. The maximum Gasteiger partial charge on any atom is 0.197 e. The van der Waals surface area contributed by atoms with Crippen LogP contribution in [0.3, 0.4) is 0 Å². The molecule has 0 aromatic carbocycles. The van der Waals surface area contributed by atoms with Crippen molar-refractivity contribution in [3.8, 4) is 0 Å². The van der Waals surface area contributed by atoms with E-state index in [4.69, 9.17) is 0 Å². The molecule has 2 unspecified atom stereocenters. The van der Waals surface area contributed by atoms with E-state index in [1.807, 2.05) is 0 Å². The van der Waals surface area contributed by atoms with Crippen LogP contribution < -0.4 is 0 Å². The van der Waals surface area contributed by atoms with Crippen molar-refractivity contribution in [2.75, 3.05) is 41.3 Å². The SMILES string of the molecule is CCCCCCCCC=CC(O)[C@](O)(C=CCCCCCCCC)[C@](O)(C(=O)CCN(C)C)[C@@](O)(C(=O)CCN(C)C)[C@@](O)(C=CCCCCCCCC)C(O)C=CCCCCCCCC. The molecule has 0 saturated carbocycles. The zero-order chi connectivity index (χ0) is 49.7. The van der Waals surface area contributed by atoms with E-state index in [0.717, 1.165) is 166 Å². The molecule has 0 saturated heterocycles. The minimum atomic E-state index is -3.59. The van der Waals surface area contributed by atoms with Crippen LogP contribution in [0.1, 0.15) is 220 Å². The molecule has 0 aromatic heterocycles. The highest BCUT2D eigenvalue weighted by atomic mass is 16.4. The molecule has 0 heterocycles. The standard InChI is InChI=1S/C56H104N2O8/c1-9-13-17-21-25-29-33-37-41-49(59)53(63,45-39-35-31-27-23-19-15-11-3)55(65,51(61)43-47-57(5)6)56(66,52(62)44-48-58(7)8)54(64,46-40-36-32-28-24-20-16-12-4)50(60)42-38-34-30-26-22-18-14-10-2/h37-42,45-46,49-50,59-60,63-66H,9-36,43-44,47-48H2,1-8H3/t49?,50?,53-,54-,55-,56-/m1/s1. The maximum atomic E-state index is 15.2. The number of hydrogen-bond acceptors (Lipinski definition) is 10. The molecule has 66 heavy (non-hydrogen) atoms. The second kappa shape index (κ2) is 37.8. The number of unbranched alkanes of at least 4 members (excludes halogenated alkanes) is 24. The van der Waals surface area contributed by atoms with Crippen molar-refractivity contribution in [1.82, 2.24) is 9.80 Å². The van der Waals surface area contributed by atoms with Gasteiger partial charge in [0.05, 0.1) is 0 Å². The van der Waals surface area contributed by atoms with Crippen LogP contribution in [0.2, 0.25) is 0 Å². The topological polar surface area (TPSA) is 162 Å². The van der Waals surface area contributed by atoms with Gasteiger partial charge < -0.3 is 40.4 Å². The van der Waals surface area contributed by atoms with Gasteiger partial charge in [-0.1, -0.05) is 205 Å². The summed E-state index contributed by atoms with van der Waals surface area (Å²) in [5.74, 6) is -2.31. The van der Waals surface area contributed by atoms with Gasteiger partial charge in [0.2, 0.25) is 0 Å². The van der Waals surface area contributed by atoms with Crippen LogP contribution in [0.4, 0.5) is 0 Å². The summed E-state index contributed by atoms with van der Waals surface area (Å²) >= 11 is 0. The van der Waals surface area contributed by atoms with Gasteiger partial charge in [0, 0.05) is 25.9 Å². The molecule has 6 atom stereocenters. The van der Waals surface area contributed by atoms with Crippen molar-refractivity contribution in [1.29, 1.82) is 0 Å². The van der Waals surface area contributed by atoms with Gasteiger partial charge in [-0.2, -0.15) is 0 Å². The molecule has 0 aliphatic rings. The Labute approximate surface area is 405 Å². The Morgan fingerprint density at radius 3 is 0.909 bits per heavy atom. The minimum Gasteiger partial charge on any atom is -0.386 e. The fourth-order valence-corrected chi connectivity index (χ4v) is 8.75. The van der Waals surface area contributed by atoms with Crippen molar-refractivity contribution in [3.05, 3.63) is 48.6 Å². The summed E-state index contributed by atoms with van der Waals surface area (Å²) < 4.78 is 0. The number of carbonyl (C=O) groups is 2. The Hall–Kier alpha value is -2.02. The predicted molar refractivity (Wildman–Crippen MR) is 277 cm³/mol. The van der Waals surface area contributed by atoms with Gasteiger partial charge in [-0.05, 0) is 79.6 Å². The fraction of sp³-hybridized carbons (Fsp3) is 0.821. The lowest BCUT2D eigenvalue weighted by atomic mass is 9.56. The fourth-order valence-electron chi connectivity index (χ4n) is 8.75. The highest BCUT2D eigenvalue weighted by Gasteiger charge is 2.76. The van der Waals surface area contributed by atoms with Crippen LogP contribution in [0.15, 0.2) is 48.6 Å². The molecule has 0 fully saturated rings. The van der Waals surface area contributed by atoms with Crippen molar-refractivity contribution < 1.29 is 40.2 Å². The number of allylic oxidation sites excluding steroid dienone is 4. The molecule has 0 spiro atoms. The molecule has 0 aliphatic carbocycles. The third-order valence-corrected chi connectivity index (χ3v) is 13.2. The maximum absolute atomic E-state index is 15.2. The number of rotatable bonds is 45. The van der Waals surface area contributed by atoms with Crippen LogP contribution in [-0.2, 0) is 9.59 Å². The van der Waals surface area contributed by atoms with Crippen LogP contribution in [0.25, 0.3) is 0 Å². The van der Waals surface area contributed by atoms with E-state index in [1.165, 1.54) is 12.2 Å². The Kier molecular flexibility index (Phi) is 36.7. The third kappa shape index (κ3) is 22.6. The molecule has 0 rings (SSSR count). The Balaban J connectivity index is 8.06. The quantitative estimate of drug-likeness (QED) is 0.0256. The summed E-state index contributed by atoms with van der Waals surface area (Å²) in [4.78, 5) is 33.7. The Morgan fingerprint density at radius 2 is 0.652 bits per heavy atom. The molecule has 0 bridgehead atoms. The highest BCUT2D eigenvalue weighted by molar-refractivity contribution is 6.02. The minimum absolute atomic E-state index is 0.0532. The predicted octanol–water partition coefficient (Wildman–Crippen LogP) is 10.9. The second-order valence-corrected chi connectivity index (χ2v) is 19.8. The zero-order valence-electron chi connectivity index (χ0n) is 43.8. The molecule has 6 N–H and O–H groups in total. The summed E-state index contributed by atoms with van der Waals surface area (Å²) in [5, 5.41) is 78.2. The average Bonchev–Trinajstić information content (AvgIpc) is 3.29. The summed E-state index contributed by atoms with van der Waals surface area (Å²) in [7, 11) is 6.92. The summed E-state index contributed by atoms with van der Waals surface area (Å²) in [5.41, 5.74) is -13.3. The smallest absolute Gasteiger partial charge is 0.197 e. The van der Waals surface area contributed by atoms with Crippen molar-refractivity contribution >= 4 is 11.6 Å². The van der Waals surface area contributed by atoms with Crippen LogP contribution in [0, 0.1) is 0 Å². The van der Waals surface area contributed by atoms with E-state index in [0.29, 0.717) is 25.7 Å². The Bertz CT molecular complexity index is 1250. The summed E-state index contributed by atoms with van der Waals surface area (Å²) in [6, 6.07) is 0. The van der Waals surface area contributed by atoms with E-state index in [9.17, 15) is 30.6 Å². The van der Waals surface area contributed by atoms with Gasteiger partial charge in [0.1, 0.15) is 12.2 Å². The lowest BCUT2D eigenvalue weighted by Crippen LogP contribution is -2.84. The largest absolute Gasteiger partial charge is 0.386 e. The molecular weight excluding hydrogens is 829 g/mol. The lowest BCUT2D eigenvalue weighted by Gasteiger charge is -2.56. The van der Waals surface area contributed by atoms with Gasteiger partial charge in [0.15, 0.2) is 34.0 Å². The summed E-state index contributed by atoms with van der Waals surface area (Å²) in [6.45, 7) is 8.75. The molecule has 0 radical (unpaired) electrons. The van der Waals surface area contributed by atoms with Crippen LogP contribution in [0.5, 0.6) is 0 Å². The second-order valence-electron chi connectivity index (χ2n) is 19.8. The van der Waals surface area contributed by atoms with Crippen molar-refractivity contribution in [2.45, 2.75) is 255 Å². The van der Waals surface area contributed by atoms with E-state index in [1.54, 1.807) is 62.3 Å². The Morgan fingerprint density at radius 1 is 0.409 bits per heavy atom. The van der Waals surface area contributed by atoms with Gasteiger partial charge in [0.25, 0.3) is 0 Å². The van der Waals surface area contributed by atoms with E-state index in [2.05, 4.69) is 27.7 Å². The van der Waals surface area contributed by atoms with Crippen LogP contribution >= 0.6 is 0 Å². The molecule has 10 heteroatoms. The third-order valence-electron chi connectivity index (χ3n) is 13.2. The average molecular weight is 933 g/mol. The van der Waals surface area contributed by atoms with E-state index >= 15 is 9.59 Å². The number of ketones is 2. The normalized spacial score (nSPS) is 17.3. The van der Waals surface area contributed by atoms with Crippen LogP contribution in [-0.4, -0.2) is 128 Å². The van der Waals surface area contributed by atoms with E-state index < -0.39 is 59.0 Å². The number of Topliss-reactive ketones (excluding diaryl/α,β-unsaturated/α-hetero) is 2. The molecule has 0 aliphatic heterocycles. The van der Waals surface area contributed by atoms with Gasteiger partial charge in [-0.3, -0.25) is 9.59 Å². The molecule has 0 aromatic rings. The molecule has 386 valence electrons. The first kappa shape index (κ1) is 64.0. The molecule has 0 amide bonds. The summed E-state index contributed by atoms with van der Waals surface area (Å²) in [6.07, 6.45) is 33.0. The van der Waals surface area contributed by atoms with Crippen molar-refractivity contribution in [3.63, 3.8) is 0 Å². The first-order valence-electron chi connectivity index (χ1n) is 26.8. The first-order valence-corrected chi connectivity index (χ1v) is 26.8. The molecular formula is C56H104N2O8. The van der Waals surface area contributed by atoms with Crippen molar-refractivity contribution in [2.24, 2.45) is 0 Å². The number of carbonyl (C=O) groups excluding carboxylic acids is 2. The van der Waals surface area contributed by atoms with E-state index in [-0.39, 0.29) is 13.1 Å². The van der Waals surface area contributed by atoms with Gasteiger partial charge in [-0.15, -0.1) is 0 Å². The number of hydrogen-bond donors (Lipinski definition) is 6. The highest BCUT2D eigenvalue weighted by Crippen LogP contribution is 2.48. The number of aliphatic hydroxyl groups is 6.